The predicted molar refractivity (Wildman–Crippen MR) is 168 cm³/mol. The summed E-state index contributed by atoms with van der Waals surface area (Å²) in [5.74, 6) is 1.39. The number of carbonyl (C=O) groups is 1. The van der Waals surface area contributed by atoms with E-state index < -0.39 is 0 Å². The largest absolute Gasteiger partial charge is 0.353 e. The van der Waals surface area contributed by atoms with Gasteiger partial charge in [0, 0.05) is 43.2 Å². The van der Waals surface area contributed by atoms with Crippen molar-refractivity contribution in [2.45, 2.75) is 93.9 Å². The van der Waals surface area contributed by atoms with Crippen LogP contribution in [0.2, 0.25) is 5.02 Å². The lowest BCUT2D eigenvalue weighted by Crippen LogP contribution is -2.44. The predicted octanol–water partition coefficient (Wildman–Crippen LogP) is 7.96. The molecule has 1 saturated heterocycles. The first kappa shape index (κ1) is 36.2. The molecular formula is C32H50ClN5O. The van der Waals surface area contributed by atoms with Gasteiger partial charge in [0.25, 0.3) is 0 Å². The number of Topliss-reactive ketones (excluding diaryl/α,β-unsaturated/α-hetero) is 1. The first-order chi connectivity index (χ1) is 18.7. The third-order valence-electron chi connectivity index (χ3n) is 5.77. The van der Waals surface area contributed by atoms with Gasteiger partial charge in [-0.05, 0) is 69.9 Å². The lowest BCUT2D eigenvalue weighted by molar-refractivity contribution is -0.117. The van der Waals surface area contributed by atoms with E-state index in [1.54, 1.807) is 19.3 Å². The Balaban J connectivity index is 0.000000572. The van der Waals surface area contributed by atoms with E-state index in [0.29, 0.717) is 16.4 Å². The van der Waals surface area contributed by atoms with E-state index in [9.17, 15) is 4.79 Å². The van der Waals surface area contributed by atoms with E-state index in [0.717, 1.165) is 75.4 Å². The molecule has 2 heterocycles. The number of anilines is 1. The molecule has 1 aliphatic rings. The van der Waals surface area contributed by atoms with Crippen LogP contribution in [-0.2, 0) is 11.2 Å². The van der Waals surface area contributed by atoms with Crippen molar-refractivity contribution in [3.63, 3.8) is 0 Å². The van der Waals surface area contributed by atoms with E-state index in [1.165, 1.54) is 17.6 Å². The fraction of sp³-hybridized carbons (Fsp3) is 0.562. The summed E-state index contributed by atoms with van der Waals surface area (Å²) in [4.78, 5) is 21.3. The van der Waals surface area contributed by atoms with Gasteiger partial charge in [-0.3, -0.25) is 0 Å². The third-order valence-corrected chi connectivity index (χ3v) is 5.99. The van der Waals surface area contributed by atoms with Gasteiger partial charge in [0.2, 0.25) is 0 Å². The fourth-order valence-electron chi connectivity index (χ4n) is 3.76. The maximum absolute atomic E-state index is 10.2. The highest BCUT2D eigenvalue weighted by Gasteiger charge is 2.18. The van der Waals surface area contributed by atoms with Crippen LogP contribution < -0.4 is 10.2 Å². The van der Waals surface area contributed by atoms with Gasteiger partial charge in [-0.2, -0.15) is 5.26 Å². The first-order valence-corrected chi connectivity index (χ1v) is 14.7. The number of carbonyl (C=O) groups excluding carboxylic acids is 1. The van der Waals surface area contributed by atoms with Crippen molar-refractivity contribution in [1.82, 2.24) is 15.3 Å². The number of allylic oxidation sites excluding steroid dienone is 2. The summed E-state index contributed by atoms with van der Waals surface area (Å²) in [5, 5.41) is 12.7. The number of piperazine rings is 1. The van der Waals surface area contributed by atoms with Gasteiger partial charge in [0.05, 0.1) is 17.3 Å². The second-order valence-corrected chi connectivity index (χ2v) is 10.0. The Kier molecular flexibility index (Phi) is 20.5. The number of nitrogens with one attached hydrogen (secondary N) is 1. The molecule has 0 atom stereocenters. The molecule has 1 aromatic heterocycles. The number of ketones is 1. The van der Waals surface area contributed by atoms with Gasteiger partial charge in [-0.25, -0.2) is 9.97 Å². The fourth-order valence-corrected chi connectivity index (χ4v) is 4.01. The first-order valence-electron chi connectivity index (χ1n) is 14.3. The monoisotopic (exact) mass is 555 g/mol. The van der Waals surface area contributed by atoms with Gasteiger partial charge in [-0.1, -0.05) is 64.6 Å². The average Bonchev–Trinajstić information content (AvgIpc) is 2.93. The van der Waals surface area contributed by atoms with Gasteiger partial charge in [-0.15, -0.1) is 0 Å². The number of benzene rings is 1. The van der Waals surface area contributed by atoms with Crippen LogP contribution in [0.25, 0.3) is 5.57 Å². The Morgan fingerprint density at radius 3 is 2.23 bits per heavy atom. The molecule has 216 valence electrons. The zero-order valence-electron chi connectivity index (χ0n) is 25.5. The summed E-state index contributed by atoms with van der Waals surface area (Å²) < 4.78 is 0. The van der Waals surface area contributed by atoms with Crippen LogP contribution in [-0.4, -0.2) is 41.9 Å². The number of nitrogens with zero attached hydrogens (tertiary/aromatic N) is 4. The molecule has 6 nitrogen and oxygen atoms in total. The minimum atomic E-state index is 0.307. The number of unbranched alkanes of at least 4 members (excludes halogenated alkanes) is 1. The van der Waals surface area contributed by atoms with Gasteiger partial charge in [0.1, 0.15) is 17.9 Å². The standard InChI is InChI=1S/C13H20N4.C10H10ClN.C6H12O.C3H8/c1-4-10(2)12-11(3)15-9-16-13(12)17-7-5-14-6-8-17;1-2-3-8-4-9(7-12)6-10(11)5-8;1-3-4-5-6(2)7;1-3-2/h4,9,14H,5-8H2,1-3H3;4-6H,2-3H2,1H3;3-5H2,1-2H3;3H2,1-2H3/b10-4-;;;. The van der Waals surface area contributed by atoms with Crippen LogP contribution in [0.3, 0.4) is 0 Å². The highest BCUT2D eigenvalue weighted by molar-refractivity contribution is 6.30. The molecule has 1 N–H and O–H groups in total. The number of nitriles is 1. The highest BCUT2D eigenvalue weighted by Crippen LogP contribution is 2.27. The molecule has 0 aliphatic carbocycles. The molecule has 3 rings (SSSR count). The smallest absolute Gasteiger partial charge is 0.139 e. The Hall–Kier alpha value is -2.75. The summed E-state index contributed by atoms with van der Waals surface area (Å²) in [5.41, 5.74) is 5.28. The van der Waals surface area contributed by atoms with Crippen molar-refractivity contribution >= 4 is 28.8 Å². The molecule has 0 bridgehead atoms. The molecule has 0 amide bonds. The molecule has 1 fully saturated rings. The Bertz CT molecular complexity index is 1040. The Morgan fingerprint density at radius 2 is 1.74 bits per heavy atom. The van der Waals surface area contributed by atoms with Crippen molar-refractivity contribution in [3.05, 3.63) is 58.0 Å². The van der Waals surface area contributed by atoms with Crippen molar-refractivity contribution in [3.8, 4) is 6.07 Å². The molecule has 7 heteroatoms. The topological polar surface area (TPSA) is 81.9 Å². The van der Waals surface area contributed by atoms with Crippen LogP contribution >= 0.6 is 11.6 Å². The molecule has 39 heavy (non-hydrogen) atoms. The van der Waals surface area contributed by atoms with Crippen LogP contribution in [0.15, 0.2) is 30.6 Å². The summed E-state index contributed by atoms with van der Waals surface area (Å²) in [6.45, 7) is 20.4. The van der Waals surface area contributed by atoms with E-state index in [2.05, 4.69) is 80.8 Å². The second-order valence-electron chi connectivity index (χ2n) is 9.59. The Morgan fingerprint density at radius 1 is 1.10 bits per heavy atom. The molecule has 0 spiro atoms. The lowest BCUT2D eigenvalue weighted by Gasteiger charge is -2.30. The maximum atomic E-state index is 10.2. The van der Waals surface area contributed by atoms with Crippen LogP contribution in [0.5, 0.6) is 0 Å². The molecule has 1 aromatic carbocycles. The normalized spacial score (nSPS) is 12.5. The summed E-state index contributed by atoms with van der Waals surface area (Å²) in [7, 11) is 0. The van der Waals surface area contributed by atoms with Crippen LogP contribution in [0, 0.1) is 18.3 Å². The number of halogens is 1. The highest BCUT2D eigenvalue weighted by atomic mass is 35.5. The summed E-state index contributed by atoms with van der Waals surface area (Å²) >= 11 is 5.81. The second kappa shape index (κ2) is 22.1. The van der Waals surface area contributed by atoms with E-state index in [4.69, 9.17) is 16.9 Å². The van der Waals surface area contributed by atoms with Crippen molar-refractivity contribution in [2.24, 2.45) is 0 Å². The molecule has 1 aliphatic heterocycles. The average molecular weight is 556 g/mol. The van der Waals surface area contributed by atoms with Crippen LogP contribution in [0.1, 0.15) is 103 Å². The molecular weight excluding hydrogens is 506 g/mol. The summed E-state index contributed by atoms with van der Waals surface area (Å²) in [6, 6.07) is 7.56. The van der Waals surface area contributed by atoms with E-state index in [1.807, 2.05) is 12.1 Å². The maximum Gasteiger partial charge on any atom is 0.139 e. The van der Waals surface area contributed by atoms with Gasteiger partial charge < -0.3 is 15.0 Å². The zero-order valence-corrected chi connectivity index (χ0v) is 26.3. The SMILES string of the molecule is C/C=C(/C)c1c(C)ncnc1N1CCNCC1.CCC.CCCCC(C)=O.CCCc1cc(Cl)cc(C#N)c1. The Labute approximate surface area is 242 Å². The number of aromatic nitrogens is 2. The van der Waals surface area contributed by atoms with E-state index in [-0.39, 0.29) is 0 Å². The van der Waals surface area contributed by atoms with Gasteiger partial charge >= 0.3 is 0 Å². The molecule has 0 unspecified atom stereocenters. The van der Waals surface area contributed by atoms with Crippen molar-refractivity contribution < 1.29 is 4.79 Å². The molecule has 0 radical (unpaired) electrons. The van der Waals surface area contributed by atoms with Crippen LogP contribution in [0.4, 0.5) is 5.82 Å². The lowest BCUT2D eigenvalue weighted by atomic mass is 10.1. The van der Waals surface area contributed by atoms with Crippen molar-refractivity contribution in [2.75, 3.05) is 31.1 Å². The zero-order chi connectivity index (χ0) is 29.6. The minimum Gasteiger partial charge on any atom is -0.353 e. The number of rotatable bonds is 7. The number of aryl methyl sites for hydroxylation is 2. The summed E-state index contributed by atoms with van der Waals surface area (Å²) in [6.07, 6.45) is 10.0. The number of hydrogen-bond acceptors (Lipinski definition) is 6. The van der Waals surface area contributed by atoms with E-state index >= 15 is 0 Å². The van der Waals surface area contributed by atoms with Gasteiger partial charge in [0.15, 0.2) is 0 Å². The molecule has 0 saturated carbocycles. The third kappa shape index (κ3) is 15.4. The quantitative estimate of drug-likeness (QED) is 0.373. The minimum absolute atomic E-state index is 0.307. The molecule has 2 aromatic rings. The van der Waals surface area contributed by atoms with Crippen molar-refractivity contribution in [1.29, 1.82) is 5.26 Å². The number of hydrogen-bond donors (Lipinski definition) is 1.